The molecule has 9 heteroatoms. The molecule has 2 aliphatic heterocycles. The molecule has 9 nitrogen and oxygen atoms in total. The Hall–Kier alpha value is -3.04. The fraction of sp³-hybridized carbons (Fsp3) is 0.429. The zero-order valence-corrected chi connectivity index (χ0v) is 16.8. The first kappa shape index (κ1) is 19.0. The predicted molar refractivity (Wildman–Crippen MR) is 115 cm³/mol. The Morgan fingerprint density at radius 1 is 0.800 bits per heavy atom. The van der Waals surface area contributed by atoms with E-state index in [2.05, 4.69) is 32.2 Å². The zero-order chi connectivity index (χ0) is 20.2. The van der Waals surface area contributed by atoms with E-state index in [0.717, 1.165) is 37.4 Å². The van der Waals surface area contributed by atoms with Crippen molar-refractivity contribution in [1.29, 1.82) is 0 Å². The van der Waals surface area contributed by atoms with Crippen LogP contribution >= 0.6 is 0 Å². The Labute approximate surface area is 175 Å². The lowest BCUT2D eigenvalue weighted by atomic mass is 10.2. The minimum Gasteiger partial charge on any atom is -0.378 e. The van der Waals surface area contributed by atoms with Crippen molar-refractivity contribution in [3.05, 3.63) is 42.1 Å². The molecule has 0 radical (unpaired) electrons. The molecule has 2 fully saturated rings. The minimum absolute atomic E-state index is 0.651. The summed E-state index contributed by atoms with van der Waals surface area (Å²) < 4.78 is 10.9. The molecule has 0 aliphatic carbocycles. The summed E-state index contributed by atoms with van der Waals surface area (Å²) in [7, 11) is 0. The van der Waals surface area contributed by atoms with Crippen LogP contribution in [0.5, 0.6) is 0 Å². The number of anilines is 3. The van der Waals surface area contributed by atoms with E-state index in [-0.39, 0.29) is 0 Å². The van der Waals surface area contributed by atoms with Crippen molar-refractivity contribution in [3.8, 4) is 0 Å². The number of hydrogen-bond donors (Lipinski definition) is 1. The molecular weight excluding hydrogens is 382 g/mol. The Bertz CT molecular complexity index is 984. The topological polar surface area (TPSA) is 88.5 Å². The quantitative estimate of drug-likeness (QED) is 0.679. The fourth-order valence-electron chi connectivity index (χ4n) is 3.63. The predicted octanol–water partition coefficient (Wildman–Crippen LogP) is 1.71. The van der Waals surface area contributed by atoms with Gasteiger partial charge < -0.3 is 24.6 Å². The largest absolute Gasteiger partial charge is 0.378 e. The first-order valence-electron chi connectivity index (χ1n) is 10.3. The summed E-state index contributed by atoms with van der Waals surface area (Å²) in [4.78, 5) is 23.3. The van der Waals surface area contributed by atoms with Crippen LogP contribution in [-0.4, -0.2) is 72.5 Å². The van der Waals surface area contributed by atoms with Gasteiger partial charge in [0.05, 0.1) is 31.8 Å². The van der Waals surface area contributed by atoms with Crippen molar-refractivity contribution in [3.63, 3.8) is 0 Å². The van der Waals surface area contributed by atoms with Crippen LogP contribution in [0.2, 0.25) is 0 Å². The molecule has 2 aromatic heterocycles. The Morgan fingerprint density at radius 2 is 1.43 bits per heavy atom. The average Bonchev–Trinajstić information content (AvgIpc) is 2.84. The van der Waals surface area contributed by atoms with Crippen LogP contribution in [0.4, 0.5) is 17.7 Å². The second-order valence-corrected chi connectivity index (χ2v) is 7.32. The van der Waals surface area contributed by atoms with Crippen molar-refractivity contribution in [2.24, 2.45) is 0 Å². The molecule has 0 bridgehead atoms. The first-order valence-corrected chi connectivity index (χ1v) is 10.3. The van der Waals surface area contributed by atoms with Crippen LogP contribution in [0, 0.1) is 0 Å². The second-order valence-electron chi connectivity index (χ2n) is 7.32. The molecule has 1 N–H and O–H groups in total. The van der Waals surface area contributed by atoms with Gasteiger partial charge in [0.1, 0.15) is 5.82 Å². The highest BCUT2D eigenvalue weighted by Gasteiger charge is 2.20. The van der Waals surface area contributed by atoms with Gasteiger partial charge in [-0.1, -0.05) is 30.3 Å². The summed E-state index contributed by atoms with van der Waals surface area (Å²) in [5, 5.41) is 4.28. The normalized spacial score (nSPS) is 17.3. The molecular formula is C21H25N7O2. The Kier molecular flexibility index (Phi) is 5.54. The van der Waals surface area contributed by atoms with Gasteiger partial charge in [-0.3, -0.25) is 0 Å². The number of aromatic nitrogens is 4. The van der Waals surface area contributed by atoms with Crippen LogP contribution in [-0.2, 0) is 16.0 Å². The van der Waals surface area contributed by atoms with Crippen molar-refractivity contribution < 1.29 is 9.47 Å². The molecule has 2 aliphatic rings. The maximum Gasteiger partial charge on any atom is 0.229 e. The van der Waals surface area contributed by atoms with E-state index in [1.165, 1.54) is 5.56 Å². The number of ether oxygens (including phenoxy) is 2. The van der Waals surface area contributed by atoms with Gasteiger partial charge in [-0.2, -0.15) is 15.0 Å². The lowest BCUT2D eigenvalue weighted by Gasteiger charge is -2.28. The van der Waals surface area contributed by atoms with E-state index >= 15 is 0 Å². The van der Waals surface area contributed by atoms with Gasteiger partial charge in [-0.15, -0.1) is 0 Å². The third kappa shape index (κ3) is 4.12. The molecule has 5 rings (SSSR count). The molecule has 156 valence electrons. The molecule has 0 atom stereocenters. The standard InChI is InChI=1S/C21H25N7O2/c1-2-4-16(5-3-1)14-22-18-17-15-23-20(27-6-10-29-11-7-27)25-19(17)26-21(24-18)28-8-12-30-13-9-28/h1-5,15H,6-14H2,(H,22,23,24,25,26). The van der Waals surface area contributed by atoms with E-state index in [0.29, 0.717) is 50.5 Å². The van der Waals surface area contributed by atoms with Gasteiger partial charge >= 0.3 is 0 Å². The second kappa shape index (κ2) is 8.76. The number of benzene rings is 1. The molecule has 30 heavy (non-hydrogen) atoms. The summed E-state index contributed by atoms with van der Waals surface area (Å²) in [6.45, 7) is 6.50. The van der Waals surface area contributed by atoms with Crippen molar-refractivity contribution >= 4 is 28.7 Å². The van der Waals surface area contributed by atoms with Crippen LogP contribution in [0.25, 0.3) is 11.0 Å². The van der Waals surface area contributed by atoms with Crippen LogP contribution in [0.1, 0.15) is 5.56 Å². The summed E-state index contributed by atoms with van der Waals surface area (Å²) in [6, 6.07) is 10.3. The lowest BCUT2D eigenvalue weighted by molar-refractivity contribution is 0.122. The van der Waals surface area contributed by atoms with Crippen LogP contribution in [0.15, 0.2) is 36.5 Å². The van der Waals surface area contributed by atoms with Crippen molar-refractivity contribution in [2.75, 3.05) is 67.7 Å². The number of nitrogens with zero attached hydrogens (tertiary/aromatic N) is 6. The number of rotatable bonds is 5. The van der Waals surface area contributed by atoms with Gasteiger partial charge in [-0.25, -0.2) is 4.98 Å². The monoisotopic (exact) mass is 407 g/mol. The smallest absolute Gasteiger partial charge is 0.229 e. The van der Waals surface area contributed by atoms with E-state index in [1.54, 1.807) is 0 Å². The lowest BCUT2D eigenvalue weighted by Crippen LogP contribution is -2.38. The van der Waals surface area contributed by atoms with Crippen LogP contribution in [0.3, 0.4) is 0 Å². The summed E-state index contributed by atoms with van der Waals surface area (Å²) in [6.07, 6.45) is 1.82. The van der Waals surface area contributed by atoms with Gasteiger partial charge in [0.25, 0.3) is 0 Å². The first-order chi connectivity index (χ1) is 14.9. The molecule has 1 aromatic carbocycles. The highest BCUT2D eigenvalue weighted by Crippen LogP contribution is 2.25. The zero-order valence-electron chi connectivity index (χ0n) is 16.8. The number of nitrogens with one attached hydrogen (secondary N) is 1. The molecule has 0 amide bonds. The van der Waals surface area contributed by atoms with Crippen molar-refractivity contribution in [1.82, 2.24) is 19.9 Å². The van der Waals surface area contributed by atoms with E-state index in [4.69, 9.17) is 24.4 Å². The third-order valence-corrected chi connectivity index (χ3v) is 5.32. The van der Waals surface area contributed by atoms with Gasteiger partial charge in [0.15, 0.2) is 5.65 Å². The summed E-state index contributed by atoms with van der Waals surface area (Å²) in [5.41, 5.74) is 1.83. The molecule has 4 heterocycles. The van der Waals surface area contributed by atoms with Gasteiger partial charge in [0, 0.05) is 38.9 Å². The molecule has 0 saturated carbocycles. The Morgan fingerprint density at radius 3 is 2.13 bits per heavy atom. The van der Waals surface area contributed by atoms with E-state index in [9.17, 15) is 0 Å². The summed E-state index contributed by atoms with van der Waals surface area (Å²) >= 11 is 0. The highest BCUT2D eigenvalue weighted by molar-refractivity contribution is 5.87. The average molecular weight is 407 g/mol. The number of hydrogen-bond acceptors (Lipinski definition) is 9. The minimum atomic E-state index is 0.651. The number of morpholine rings is 2. The van der Waals surface area contributed by atoms with Gasteiger partial charge in [-0.05, 0) is 5.56 Å². The Balaban J connectivity index is 1.50. The maximum absolute atomic E-state index is 5.49. The van der Waals surface area contributed by atoms with Crippen molar-refractivity contribution in [2.45, 2.75) is 6.54 Å². The van der Waals surface area contributed by atoms with E-state index < -0.39 is 0 Å². The third-order valence-electron chi connectivity index (χ3n) is 5.32. The fourth-order valence-corrected chi connectivity index (χ4v) is 3.63. The van der Waals surface area contributed by atoms with Crippen LogP contribution < -0.4 is 15.1 Å². The summed E-state index contributed by atoms with van der Waals surface area (Å²) in [5.74, 6) is 2.11. The van der Waals surface area contributed by atoms with E-state index in [1.807, 2.05) is 24.4 Å². The maximum atomic E-state index is 5.49. The number of fused-ring (bicyclic) bond motifs is 1. The molecule has 2 saturated heterocycles. The molecule has 3 aromatic rings. The highest BCUT2D eigenvalue weighted by atomic mass is 16.5. The molecule has 0 spiro atoms. The molecule has 0 unspecified atom stereocenters. The van der Waals surface area contributed by atoms with Gasteiger partial charge in [0.2, 0.25) is 11.9 Å². The SMILES string of the molecule is c1ccc(CNc2nc(N3CCOCC3)nc3nc(N4CCOCC4)ncc23)cc1.